The van der Waals surface area contributed by atoms with Crippen LogP contribution < -0.4 is 0 Å². The fourth-order valence-electron chi connectivity index (χ4n) is 2.01. The van der Waals surface area contributed by atoms with Crippen molar-refractivity contribution in [2.24, 2.45) is 0 Å². The molecule has 0 saturated carbocycles. The Bertz CT molecular complexity index is 452. The number of methoxy groups -OCH3 is 1. The number of ether oxygens (including phenoxy) is 2. The van der Waals surface area contributed by atoms with Crippen LogP contribution in [0.3, 0.4) is 0 Å². The average Bonchev–Trinajstić information content (AvgIpc) is 2.65. The Morgan fingerprint density at radius 1 is 1.16 bits per heavy atom. The van der Waals surface area contributed by atoms with Gasteiger partial charge in [0.2, 0.25) is 0 Å². The van der Waals surface area contributed by atoms with E-state index in [1.807, 2.05) is 31.7 Å². The molecule has 0 aliphatic carbocycles. The number of nitrogens with zero attached hydrogens (tertiary/aromatic N) is 2. The summed E-state index contributed by atoms with van der Waals surface area (Å²) in [4.78, 5) is 29.3. The fourth-order valence-corrected chi connectivity index (χ4v) is 2.01. The molecule has 0 N–H and O–H groups in total. The minimum absolute atomic E-state index is 0.245. The zero-order valence-electron chi connectivity index (χ0n) is 16.2. The Kier molecular flexibility index (Phi) is 12.4. The van der Waals surface area contributed by atoms with Crippen LogP contribution in [0, 0.1) is 0 Å². The first-order chi connectivity index (χ1) is 11.9. The normalized spacial score (nSPS) is 14.5. The molecule has 0 spiro atoms. The van der Waals surface area contributed by atoms with Crippen molar-refractivity contribution in [1.82, 2.24) is 9.96 Å². The van der Waals surface area contributed by atoms with Gasteiger partial charge in [0.15, 0.2) is 0 Å². The van der Waals surface area contributed by atoms with Crippen LogP contribution in [0.5, 0.6) is 0 Å². The third-order valence-electron chi connectivity index (χ3n) is 3.56. The fraction of sp³-hybridized carbons (Fsp3) is 0.667. The summed E-state index contributed by atoms with van der Waals surface area (Å²) in [6, 6.07) is 0. The first-order valence-corrected chi connectivity index (χ1v) is 8.64. The van der Waals surface area contributed by atoms with Gasteiger partial charge in [0, 0.05) is 31.8 Å². The van der Waals surface area contributed by atoms with E-state index in [0.29, 0.717) is 37.6 Å². The van der Waals surface area contributed by atoms with Crippen LogP contribution >= 0.6 is 0 Å². The Morgan fingerprint density at radius 2 is 1.72 bits per heavy atom. The van der Waals surface area contributed by atoms with Crippen molar-refractivity contribution >= 4 is 11.9 Å². The highest BCUT2D eigenvalue weighted by molar-refractivity contribution is 5.87. The van der Waals surface area contributed by atoms with Crippen molar-refractivity contribution in [3.05, 3.63) is 23.9 Å². The highest BCUT2D eigenvalue weighted by Gasteiger charge is 2.17. The minimum atomic E-state index is -0.364. The topological polar surface area (TPSA) is 68.3 Å². The van der Waals surface area contributed by atoms with Crippen molar-refractivity contribution in [2.75, 3.05) is 46.5 Å². The SMILES string of the molecule is C=C(C(=O)OC)N1CCOCC1.CCC=C(C)C(=O)ON(CC)CC. The van der Waals surface area contributed by atoms with E-state index in [1.54, 1.807) is 12.0 Å². The quantitative estimate of drug-likeness (QED) is 0.393. The van der Waals surface area contributed by atoms with Gasteiger partial charge in [-0.05, 0) is 27.2 Å². The number of morpholine rings is 1. The van der Waals surface area contributed by atoms with Gasteiger partial charge >= 0.3 is 11.9 Å². The van der Waals surface area contributed by atoms with E-state index < -0.39 is 0 Å². The number of carbonyl (C=O) groups is 2. The van der Waals surface area contributed by atoms with Gasteiger partial charge < -0.3 is 19.2 Å². The van der Waals surface area contributed by atoms with Gasteiger partial charge in [0.25, 0.3) is 0 Å². The summed E-state index contributed by atoms with van der Waals surface area (Å²) >= 11 is 0. The second kappa shape index (κ2) is 13.4. The maximum Gasteiger partial charge on any atom is 0.353 e. The molecule has 0 radical (unpaired) electrons. The maximum atomic E-state index is 11.3. The lowest BCUT2D eigenvalue weighted by molar-refractivity contribution is -0.183. The van der Waals surface area contributed by atoms with Crippen LogP contribution in [-0.4, -0.2) is 68.4 Å². The van der Waals surface area contributed by atoms with Gasteiger partial charge in [-0.15, -0.1) is 5.06 Å². The zero-order valence-corrected chi connectivity index (χ0v) is 16.2. The van der Waals surface area contributed by atoms with Gasteiger partial charge in [-0.25, -0.2) is 9.59 Å². The number of allylic oxidation sites excluding steroid dienone is 1. The van der Waals surface area contributed by atoms with E-state index in [0.717, 1.165) is 19.5 Å². The van der Waals surface area contributed by atoms with Crippen LogP contribution in [0.1, 0.15) is 34.1 Å². The number of carbonyl (C=O) groups excluding carboxylic acids is 2. The molecular weight excluding hydrogens is 324 g/mol. The Hall–Kier alpha value is -1.86. The molecule has 0 aromatic heterocycles. The molecule has 0 unspecified atom stereocenters. The molecule has 1 fully saturated rings. The smallest absolute Gasteiger partial charge is 0.353 e. The molecule has 0 aromatic rings. The predicted molar refractivity (Wildman–Crippen MR) is 96.6 cm³/mol. The maximum absolute atomic E-state index is 11.3. The average molecular weight is 356 g/mol. The Labute approximate surface area is 151 Å². The lowest BCUT2D eigenvalue weighted by Gasteiger charge is -2.28. The van der Waals surface area contributed by atoms with Gasteiger partial charge in [0.1, 0.15) is 5.70 Å². The molecule has 144 valence electrons. The lowest BCUT2D eigenvalue weighted by Crippen LogP contribution is -2.37. The Morgan fingerprint density at radius 3 is 2.16 bits per heavy atom. The summed E-state index contributed by atoms with van der Waals surface area (Å²) in [5.41, 5.74) is 1.09. The number of hydrogen-bond acceptors (Lipinski definition) is 7. The highest BCUT2D eigenvalue weighted by Crippen LogP contribution is 2.06. The van der Waals surface area contributed by atoms with Crippen LogP contribution in [0.2, 0.25) is 0 Å². The van der Waals surface area contributed by atoms with Gasteiger partial charge in [-0.1, -0.05) is 19.6 Å². The van der Waals surface area contributed by atoms with Crippen LogP contribution in [0.25, 0.3) is 0 Å². The van der Waals surface area contributed by atoms with Crippen molar-refractivity contribution < 1.29 is 23.9 Å². The van der Waals surface area contributed by atoms with E-state index >= 15 is 0 Å². The molecule has 7 nitrogen and oxygen atoms in total. The lowest BCUT2D eigenvalue weighted by atomic mass is 10.2. The minimum Gasteiger partial charge on any atom is -0.464 e. The van der Waals surface area contributed by atoms with Crippen molar-refractivity contribution in [3.63, 3.8) is 0 Å². The summed E-state index contributed by atoms with van der Waals surface area (Å²) < 4.78 is 9.67. The number of hydroxylamine groups is 2. The van der Waals surface area contributed by atoms with Crippen molar-refractivity contribution in [1.29, 1.82) is 0 Å². The second-order valence-corrected chi connectivity index (χ2v) is 5.33. The van der Waals surface area contributed by atoms with Gasteiger partial charge in [-0.3, -0.25) is 0 Å². The monoisotopic (exact) mass is 356 g/mol. The van der Waals surface area contributed by atoms with Crippen molar-refractivity contribution in [2.45, 2.75) is 34.1 Å². The number of hydrogen-bond donors (Lipinski definition) is 0. The summed E-state index contributed by atoms with van der Waals surface area (Å²) in [6.07, 6.45) is 2.73. The molecule has 7 heteroatoms. The van der Waals surface area contributed by atoms with Crippen LogP contribution in [0.15, 0.2) is 23.9 Å². The molecule has 0 aromatic carbocycles. The molecule has 0 atom stereocenters. The zero-order chi connectivity index (χ0) is 19.2. The molecular formula is C18H32N2O5. The molecule has 1 heterocycles. The third-order valence-corrected chi connectivity index (χ3v) is 3.56. The number of esters is 1. The van der Waals surface area contributed by atoms with E-state index in [-0.39, 0.29) is 11.9 Å². The van der Waals surface area contributed by atoms with E-state index in [4.69, 9.17) is 9.57 Å². The summed E-state index contributed by atoms with van der Waals surface area (Å²) in [6.45, 7) is 15.5. The molecule has 1 rings (SSSR count). The first kappa shape index (κ1) is 23.1. The van der Waals surface area contributed by atoms with Crippen LogP contribution in [0.4, 0.5) is 0 Å². The Balaban J connectivity index is 0.000000462. The molecule has 0 bridgehead atoms. The predicted octanol–water partition coefficient (Wildman–Crippen LogP) is 2.15. The molecule has 0 amide bonds. The largest absolute Gasteiger partial charge is 0.464 e. The molecule has 25 heavy (non-hydrogen) atoms. The van der Waals surface area contributed by atoms with Crippen molar-refractivity contribution in [3.8, 4) is 0 Å². The van der Waals surface area contributed by atoms with Crippen LogP contribution in [-0.2, 0) is 23.9 Å². The van der Waals surface area contributed by atoms with E-state index in [9.17, 15) is 9.59 Å². The highest BCUT2D eigenvalue weighted by atomic mass is 16.7. The summed E-state index contributed by atoms with van der Waals surface area (Å²) in [5, 5.41) is 1.63. The summed E-state index contributed by atoms with van der Waals surface area (Å²) in [7, 11) is 1.36. The number of rotatable bonds is 7. The molecule has 1 saturated heterocycles. The second-order valence-electron chi connectivity index (χ2n) is 5.33. The third kappa shape index (κ3) is 9.26. The molecule has 1 aliphatic rings. The van der Waals surface area contributed by atoms with E-state index in [2.05, 4.69) is 11.3 Å². The summed E-state index contributed by atoms with van der Waals surface area (Å²) in [5.74, 6) is -0.609. The van der Waals surface area contributed by atoms with E-state index in [1.165, 1.54) is 7.11 Å². The van der Waals surface area contributed by atoms with Gasteiger partial charge in [0.05, 0.1) is 20.3 Å². The van der Waals surface area contributed by atoms with Gasteiger partial charge in [-0.2, -0.15) is 0 Å². The first-order valence-electron chi connectivity index (χ1n) is 8.64. The molecule has 1 aliphatic heterocycles. The standard InChI is InChI=1S/C10H19NO2.C8H13NO3/c1-5-8-9(4)10(12)13-11(6-2)7-3;1-7(8(10)11-2)9-3-5-12-6-4-9/h8H,5-7H2,1-4H3;1,3-6H2,2H3.